The Kier molecular flexibility index (Phi) is 49.4. The van der Waals surface area contributed by atoms with Crippen molar-refractivity contribution in [3.8, 4) is 0 Å². The first-order valence-electron chi connectivity index (χ1n) is 6.26. The molecule has 0 heterocycles. The van der Waals surface area contributed by atoms with E-state index in [2.05, 4.69) is 46.7 Å². The summed E-state index contributed by atoms with van der Waals surface area (Å²) in [5.41, 5.74) is 0. The Hall–Kier alpha value is -0.0400. The SMILES string of the molecule is CC.CC.CCC.CCC(C)N(C)C. The van der Waals surface area contributed by atoms with Crippen molar-refractivity contribution in [3.05, 3.63) is 0 Å². The van der Waals surface area contributed by atoms with Crippen LogP contribution >= 0.6 is 0 Å². The zero-order valence-electron chi connectivity index (χ0n) is 12.4. The molecule has 0 amide bonds. The van der Waals surface area contributed by atoms with Crippen LogP contribution in [0, 0.1) is 0 Å². The highest BCUT2D eigenvalue weighted by Gasteiger charge is 1.96. The lowest BCUT2D eigenvalue weighted by molar-refractivity contribution is 0.307. The van der Waals surface area contributed by atoms with Gasteiger partial charge in [0.05, 0.1) is 0 Å². The molecule has 0 aliphatic carbocycles. The Morgan fingerprint density at radius 3 is 1.07 bits per heavy atom. The predicted octanol–water partition coefficient (Wildman–Crippen LogP) is 4.82. The lowest BCUT2D eigenvalue weighted by Crippen LogP contribution is -2.23. The van der Waals surface area contributed by atoms with Crippen LogP contribution in [0.5, 0.6) is 0 Å². The van der Waals surface area contributed by atoms with Crippen LogP contribution in [0.3, 0.4) is 0 Å². The van der Waals surface area contributed by atoms with Gasteiger partial charge in [0.25, 0.3) is 0 Å². The fourth-order valence-corrected chi connectivity index (χ4v) is 0.365. The zero-order valence-corrected chi connectivity index (χ0v) is 12.4. The molecule has 0 radical (unpaired) electrons. The summed E-state index contributed by atoms with van der Waals surface area (Å²) in [5.74, 6) is 0. The summed E-state index contributed by atoms with van der Waals surface area (Å²) in [6.45, 7) is 16.7. The van der Waals surface area contributed by atoms with Gasteiger partial charge in [-0.3, -0.25) is 0 Å². The Morgan fingerprint density at radius 1 is 0.857 bits per heavy atom. The molecule has 0 spiro atoms. The van der Waals surface area contributed by atoms with Crippen LogP contribution in [0.1, 0.15) is 68.2 Å². The summed E-state index contributed by atoms with van der Waals surface area (Å²) in [5, 5.41) is 0. The van der Waals surface area contributed by atoms with Gasteiger partial charge in [0, 0.05) is 6.04 Å². The highest BCUT2D eigenvalue weighted by Crippen LogP contribution is 1.93. The average molecular weight is 205 g/mol. The number of hydrogen-bond acceptors (Lipinski definition) is 1. The summed E-state index contributed by atoms with van der Waals surface area (Å²) < 4.78 is 0. The van der Waals surface area contributed by atoms with Crippen LogP contribution in [0.2, 0.25) is 0 Å². The predicted molar refractivity (Wildman–Crippen MR) is 72.1 cm³/mol. The Morgan fingerprint density at radius 2 is 1.07 bits per heavy atom. The van der Waals surface area contributed by atoms with E-state index in [1.807, 2.05) is 27.7 Å². The van der Waals surface area contributed by atoms with Crippen LogP contribution in [-0.4, -0.2) is 25.0 Å². The fourth-order valence-electron chi connectivity index (χ4n) is 0.365. The first-order chi connectivity index (χ1) is 6.59. The van der Waals surface area contributed by atoms with Crippen molar-refractivity contribution in [2.45, 2.75) is 74.3 Å². The van der Waals surface area contributed by atoms with Gasteiger partial charge in [-0.25, -0.2) is 0 Å². The van der Waals surface area contributed by atoms with Crippen LogP contribution < -0.4 is 0 Å². The van der Waals surface area contributed by atoms with E-state index in [1.54, 1.807) is 0 Å². The minimum atomic E-state index is 0.736. The lowest BCUT2D eigenvalue weighted by Gasteiger charge is -2.16. The van der Waals surface area contributed by atoms with E-state index < -0.39 is 0 Å². The summed E-state index contributed by atoms with van der Waals surface area (Å²) in [7, 11) is 4.21. The number of rotatable bonds is 2. The molecule has 0 aliphatic heterocycles. The molecule has 0 rings (SSSR count). The van der Waals surface area contributed by atoms with Gasteiger partial charge in [0.15, 0.2) is 0 Å². The third-order valence-corrected chi connectivity index (χ3v) is 1.47. The van der Waals surface area contributed by atoms with E-state index in [1.165, 1.54) is 12.8 Å². The molecule has 1 atom stereocenters. The first kappa shape index (κ1) is 23.6. The fraction of sp³-hybridized carbons (Fsp3) is 1.00. The summed E-state index contributed by atoms with van der Waals surface area (Å²) in [6.07, 6.45) is 2.49. The standard InChI is InChI=1S/C6H15N.C3H8.2C2H6/c1-5-6(2)7(3)4;1-3-2;2*1-2/h6H,5H2,1-4H3;3H2,1-2H3;2*1-2H3. The molecule has 0 N–H and O–H groups in total. The quantitative estimate of drug-likeness (QED) is 0.625. The maximum atomic E-state index is 2.22. The molecule has 0 aromatic heterocycles. The molecular weight excluding hydrogens is 170 g/mol. The van der Waals surface area contributed by atoms with Gasteiger partial charge in [-0.2, -0.15) is 0 Å². The molecule has 1 heteroatoms. The average Bonchev–Trinajstić information content (AvgIpc) is 2.23. The van der Waals surface area contributed by atoms with Crippen LogP contribution in [-0.2, 0) is 0 Å². The molecule has 14 heavy (non-hydrogen) atoms. The molecule has 0 aliphatic rings. The van der Waals surface area contributed by atoms with Gasteiger partial charge in [-0.05, 0) is 27.4 Å². The molecule has 0 aromatic rings. The Balaban J connectivity index is -0.0000000603. The van der Waals surface area contributed by atoms with Gasteiger partial charge < -0.3 is 4.90 Å². The van der Waals surface area contributed by atoms with E-state index in [0.29, 0.717) is 0 Å². The minimum absolute atomic E-state index is 0.736. The second-order valence-corrected chi connectivity index (χ2v) is 2.93. The molecule has 0 fully saturated rings. The summed E-state index contributed by atoms with van der Waals surface area (Å²) in [6, 6.07) is 0.736. The second kappa shape index (κ2) is 29.3. The highest BCUT2D eigenvalue weighted by atomic mass is 15.1. The van der Waals surface area contributed by atoms with Crippen molar-refractivity contribution in [1.29, 1.82) is 0 Å². The van der Waals surface area contributed by atoms with Gasteiger partial charge in [0.2, 0.25) is 0 Å². The van der Waals surface area contributed by atoms with Crippen molar-refractivity contribution < 1.29 is 0 Å². The van der Waals surface area contributed by atoms with Crippen LogP contribution in [0.25, 0.3) is 0 Å². The molecule has 1 nitrogen and oxygen atoms in total. The van der Waals surface area contributed by atoms with Crippen molar-refractivity contribution in [3.63, 3.8) is 0 Å². The largest absolute Gasteiger partial charge is 0.307 e. The topological polar surface area (TPSA) is 3.24 Å². The maximum Gasteiger partial charge on any atom is 0.00582 e. The van der Waals surface area contributed by atoms with Crippen molar-refractivity contribution in [1.82, 2.24) is 4.90 Å². The molecule has 92 valence electrons. The van der Waals surface area contributed by atoms with Crippen molar-refractivity contribution >= 4 is 0 Å². The van der Waals surface area contributed by atoms with E-state index in [-0.39, 0.29) is 0 Å². The molecule has 1 unspecified atom stereocenters. The number of hydrogen-bond donors (Lipinski definition) is 0. The normalized spacial score (nSPS) is 9.64. The zero-order chi connectivity index (χ0) is 12.6. The van der Waals surface area contributed by atoms with Gasteiger partial charge in [0.1, 0.15) is 0 Å². The van der Waals surface area contributed by atoms with Gasteiger partial charge in [-0.1, -0.05) is 54.9 Å². The molecule has 0 saturated carbocycles. The minimum Gasteiger partial charge on any atom is -0.307 e. The van der Waals surface area contributed by atoms with Gasteiger partial charge in [-0.15, -0.1) is 0 Å². The van der Waals surface area contributed by atoms with E-state index in [0.717, 1.165) is 6.04 Å². The summed E-state index contributed by atoms with van der Waals surface area (Å²) in [4.78, 5) is 2.22. The monoisotopic (exact) mass is 205 g/mol. The van der Waals surface area contributed by atoms with E-state index in [9.17, 15) is 0 Å². The lowest BCUT2D eigenvalue weighted by atomic mass is 10.2. The maximum absolute atomic E-state index is 2.22. The Bertz CT molecular complexity index is 51.2. The van der Waals surface area contributed by atoms with E-state index in [4.69, 9.17) is 0 Å². The molecular formula is C13H35N. The van der Waals surface area contributed by atoms with Crippen LogP contribution in [0.4, 0.5) is 0 Å². The first-order valence-corrected chi connectivity index (χ1v) is 6.26. The van der Waals surface area contributed by atoms with Crippen molar-refractivity contribution in [2.75, 3.05) is 14.1 Å². The van der Waals surface area contributed by atoms with Crippen molar-refractivity contribution in [2.24, 2.45) is 0 Å². The van der Waals surface area contributed by atoms with E-state index >= 15 is 0 Å². The summed E-state index contributed by atoms with van der Waals surface area (Å²) >= 11 is 0. The third kappa shape index (κ3) is 40.4. The molecule has 0 aromatic carbocycles. The van der Waals surface area contributed by atoms with Crippen LogP contribution in [0.15, 0.2) is 0 Å². The van der Waals surface area contributed by atoms with Gasteiger partial charge >= 0.3 is 0 Å². The molecule has 0 bridgehead atoms. The second-order valence-electron chi connectivity index (χ2n) is 2.93. The number of nitrogens with zero attached hydrogens (tertiary/aromatic N) is 1. The highest BCUT2D eigenvalue weighted by molar-refractivity contribution is 4.53. The third-order valence-electron chi connectivity index (χ3n) is 1.47. The smallest absolute Gasteiger partial charge is 0.00582 e. The molecule has 0 saturated heterocycles. The Labute approximate surface area is 93.9 Å².